The molecule has 0 aromatic carbocycles. The molecule has 1 saturated carbocycles. The normalized spacial score (nSPS) is 18.8. The zero-order valence-electron chi connectivity index (χ0n) is 9.98. The second-order valence-corrected chi connectivity index (χ2v) is 4.49. The minimum Gasteiger partial charge on any atom is -0.466 e. The largest absolute Gasteiger partial charge is 0.466 e. The van der Waals surface area contributed by atoms with Gasteiger partial charge in [-0.25, -0.2) is 0 Å². The Hall–Kier alpha value is -1.35. The molecule has 0 bridgehead atoms. The van der Waals surface area contributed by atoms with Crippen LogP contribution in [0.5, 0.6) is 0 Å². The van der Waals surface area contributed by atoms with Gasteiger partial charge in [-0.3, -0.25) is 4.79 Å². The Morgan fingerprint density at radius 3 is 2.82 bits per heavy atom. The Morgan fingerprint density at radius 1 is 1.47 bits per heavy atom. The molecule has 1 aliphatic rings. The molecule has 1 heterocycles. The average Bonchev–Trinajstić information content (AvgIpc) is 2.91. The molecule has 0 atom stereocenters. The lowest BCUT2D eigenvalue weighted by Gasteiger charge is -2.35. The van der Waals surface area contributed by atoms with E-state index in [1.807, 2.05) is 12.1 Å². The van der Waals surface area contributed by atoms with E-state index in [2.05, 4.69) is 6.58 Å². The first-order chi connectivity index (χ1) is 8.27. The van der Waals surface area contributed by atoms with Crippen molar-refractivity contribution in [2.24, 2.45) is 0 Å². The SMILES string of the molecule is C=CC(=O)COC1(c2ccco2)CCCCC1. The topological polar surface area (TPSA) is 39.4 Å². The van der Waals surface area contributed by atoms with Crippen LogP contribution in [-0.4, -0.2) is 12.4 Å². The van der Waals surface area contributed by atoms with Crippen molar-refractivity contribution in [3.8, 4) is 0 Å². The van der Waals surface area contributed by atoms with Crippen LogP contribution >= 0.6 is 0 Å². The van der Waals surface area contributed by atoms with Crippen LogP contribution in [0.25, 0.3) is 0 Å². The summed E-state index contributed by atoms with van der Waals surface area (Å²) in [6.07, 6.45) is 8.26. The first-order valence-corrected chi connectivity index (χ1v) is 6.10. The van der Waals surface area contributed by atoms with Crippen LogP contribution < -0.4 is 0 Å². The molecule has 3 nitrogen and oxygen atoms in total. The van der Waals surface area contributed by atoms with E-state index in [0.717, 1.165) is 31.4 Å². The van der Waals surface area contributed by atoms with Crippen LogP contribution in [0.15, 0.2) is 35.5 Å². The summed E-state index contributed by atoms with van der Waals surface area (Å²) >= 11 is 0. The first kappa shape index (κ1) is 12.1. The third-order valence-corrected chi connectivity index (χ3v) is 3.35. The molecular formula is C14H18O3. The van der Waals surface area contributed by atoms with Crippen molar-refractivity contribution in [3.05, 3.63) is 36.8 Å². The van der Waals surface area contributed by atoms with E-state index in [-0.39, 0.29) is 12.4 Å². The summed E-state index contributed by atoms with van der Waals surface area (Å²) in [6, 6.07) is 3.80. The summed E-state index contributed by atoms with van der Waals surface area (Å²) in [6.45, 7) is 3.54. The summed E-state index contributed by atoms with van der Waals surface area (Å²) in [7, 11) is 0. The van der Waals surface area contributed by atoms with Gasteiger partial charge in [-0.15, -0.1) is 0 Å². The predicted molar refractivity (Wildman–Crippen MR) is 64.6 cm³/mol. The number of carbonyl (C=O) groups is 1. The van der Waals surface area contributed by atoms with Crippen LogP contribution in [0.4, 0.5) is 0 Å². The van der Waals surface area contributed by atoms with Gasteiger partial charge in [-0.2, -0.15) is 0 Å². The predicted octanol–water partition coefficient (Wildman–Crippen LogP) is 3.21. The maximum absolute atomic E-state index is 11.3. The van der Waals surface area contributed by atoms with Gasteiger partial charge in [0.1, 0.15) is 18.0 Å². The highest BCUT2D eigenvalue weighted by Crippen LogP contribution is 2.40. The summed E-state index contributed by atoms with van der Waals surface area (Å²) < 4.78 is 11.3. The van der Waals surface area contributed by atoms with Crippen LogP contribution in [0, 0.1) is 0 Å². The molecule has 1 aromatic rings. The quantitative estimate of drug-likeness (QED) is 0.734. The smallest absolute Gasteiger partial charge is 0.180 e. The first-order valence-electron chi connectivity index (χ1n) is 6.10. The van der Waals surface area contributed by atoms with Crippen molar-refractivity contribution in [2.75, 3.05) is 6.61 Å². The molecule has 0 unspecified atom stereocenters. The molecule has 0 amide bonds. The monoisotopic (exact) mass is 234 g/mol. The van der Waals surface area contributed by atoms with Gasteiger partial charge in [0.2, 0.25) is 0 Å². The van der Waals surface area contributed by atoms with Gasteiger partial charge in [0.15, 0.2) is 5.78 Å². The molecule has 0 radical (unpaired) electrons. The number of ketones is 1. The average molecular weight is 234 g/mol. The van der Waals surface area contributed by atoms with E-state index in [9.17, 15) is 4.79 Å². The highest BCUT2D eigenvalue weighted by molar-refractivity contribution is 5.90. The molecule has 0 spiro atoms. The summed E-state index contributed by atoms with van der Waals surface area (Å²) in [5.74, 6) is 0.760. The highest BCUT2D eigenvalue weighted by atomic mass is 16.5. The minimum absolute atomic E-state index is 0.0819. The second kappa shape index (κ2) is 5.32. The molecule has 0 aliphatic heterocycles. The maximum Gasteiger partial charge on any atom is 0.180 e. The Kier molecular flexibility index (Phi) is 3.79. The molecule has 1 aromatic heterocycles. The molecule has 92 valence electrons. The van der Waals surface area contributed by atoms with E-state index < -0.39 is 5.60 Å². The van der Waals surface area contributed by atoms with E-state index in [1.165, 1.54) is 12.5 Å². The lowest BCUT2D eigenvalue weighted by Crippen LogP contribution is -2.33. The van der Waals surface area contributed by atoms with Gasteiger partial charge in [0, 0.05) is 0 Å². The molecule has 0 N–H and O–H groups in total. The minimum atomic E-state index is -0.402. The highest BCUT2D eigenvalue weighted by Gasteiger charge is 2.37. The number of ether oxygens (including phenoxy) is 1. The number of hydrogen-bond acceptors (Lipinski definition) is 3. The van der Waals surface area contributed by atoms with Gasteiger partial charge in [-0.1, -0.05) is 25.8 Å². The molecule has 2 rings (SSSR count). The number of hydrogen-bond donors (Lipinski definition) is 0. The molecule has 0 saturated heterocycles. The third kappa shape index (κ3) is 2.67. The molecule has 1 fully saturated rings. The standard InChI is InChI=1S/C14H18O3/c1-2-12(15)11-17-14(8-4-3-5-9-14)13-7-6-10-16-13/h2,6-7,10H,1,3-5,8-9,11H2. The van der Waals surface area contributed by atoms with Crippen LogP contribution in [-0.2, 0) is 15.1 Å². The summed E-state index contributed by atoms with van der Waals surface area (Å²) in [5.41, 5.74) is -0.402. The van der Waals surface area contributed by atoms with E-state index in [1.54, 1.807) is 6.26 Å². The van der Waals surface area contributed by atoms with Crippen molar-refractivity contribution >= 4 is 5.78 Å². The zero-order valence-corrected chi connectivity index (χ0v) is 9.98. The number of carbonyl (C=O) groups excluding carboxylic acids is 1. The number of rotatable bonds is 5. The van der Waals surface area contributed by atoms with Gasteiger partial charge < -0.3 is 9.15 Å². The van der Waals surface area contributed by atoms with Crippen LogP contribution in [0.3, 0.4) is 0 Å². The van der Waals surface area contributed by atoms with Crippen molar-refractivity contribution in [3.63, 3.8) is 0 Å². The van der Waals surface area contributed by atoms with Crippen molar-refractivity contribution in [2.45, 2.75) is 37.7 Å². The Bertz CT molecular complexity index is 372. The van der Waals surface area contributed by atoms with E-state index in [0.29, 0.717) is 0 Å². The van der Waals surface area contributed by atoms with Crippen LogP contribution in [0.2, 0.25) is 0 Å². The fraction of sp³-hybridized carbons (Fsp3) is 0.500. The zero-order chi connectivity index (χ0) is 12.1. The van der Waals surface area contributed by atoms with Gasteiger partial charge in [-0.05, 0) is 31.1 Å². The lowest BCUT2D eigenvalue weighted by molar-refractivity contribution is -0.133. The fourth-order valence-corrected chi connectivity index (χ4v) is 2.39. The summed E-state index contributed by atoms with van der Waals surface area (Å²) in [5, 5.41) is 0. The third-order valence-electron chi connectivity index (χ3n) is 3.35. The molecule has 17 heavy (non-hydrogen) atoms. The van der Waals surface area contributed by atoms with Crippen molar-refractivity contribution in [1.29, 1.82) is 0 Å². The Balaban J connectivity index is 2.12. The summed E-state index contributed by atoms with van der Waals surface area (Å²) in [4.78, 5) is 11.3. The molecular weight excluding hydrogens is 216 g/mol. The van der Waals surface area contributed by atoms with Gasteiger partial charge in [0.25, 0.3) is 0 Å². The second-order valence-electron chi connectivity index (χ2n) is 4.49. The lowest BCUT2D eigenvalue weighted by atomic mass is 9.82. The van der Waals surface area contributed by atoms with Gasteiger partial charge in [0.05, 0.1) is 6.26 Å². The maximum atomic E-state index is 11.3. The van der Waals surface area contributed by atoms with Crippen molar-refractivity contribution < 1.29 is 13.9 Å². The fourth-order valence-electron chi connectivity index (χ4n) is 2.39. The molecule has 1 aliphatic carbocycles. The van der Waals surface area contributed by atoms with Gasteiger partial charge >= 0.3 is 0 Å². The Morgan fingerprint density at radius 2 is 2.24 bits per heavy atom. The number of furan rings is 1. The van der Waals surface area contributed by atoms with E-state index >= 15 is 0 Å². The van der Waals surface area contributed by atoms with Crippen LogP contribution in [0.1, 0.15) is 37.9 Å². The Labute approximate surface area is 101 Å². The van der Waals surface area contributed by atoms with E-state index in [4.69, 9.17) is 9.15 Å². The van der Waals surface area contributed by atoms with Crippen molar-refractivity contribution in [1.82, 2.24) is 0 Å². The molecule has 3 heteroatoms.